The van der Waals surface area contributed by atoms with Gasteiger partial charge < -0.3 is 20.4 Å². The van der Waals surface area contributed by atoms with Crippen LogP contribution < -0.4 is 11.1 Å². The summed E-state index contributed by atoms with van der Waals surface area (Å²) in [6.45, 7) is 4.22. The van der Waals surface area contributed by atoms with Crippen molar-refractivity contribution in [1.82, 2.24) is 14.9 Å². The lowest BCUT2D eigenvalue weighted by molar-refractivity contribution is -0.122. The lowest BCUT2D eigenvalue weighted by Gasteiger charge is -2.32. The Morgan fingerprint density at radius 3 is 2.26 bits per heavy atom. The van der Waals surface area contributed by atoms with Crippen LogP contribution in [0.25, 0.3) is 33.0 Å². The number of aliphatic hydroxyl groups excluding tert-OH is 1. The highest BCUT2D eigenvalue weighted by molar-refractivity contribution is 6.50. The number of aliphatic hydroxyl groups is 1. The summed E-state index contributed by atoms with van der Waals surface area (Å²) in [4.78, 5) is 29.2. The Labute approximate surface area is 197 Å². The van der Waals surface area contributed by atoms with E-state index in [1.165, 1.54) is 0 Å². The second-order valence-electron chi connectivity index (χ2n) is 8.95. The van der Waals surface area contributed by atoms with Crippen molar-refractivity contribution in [3.8, 4) is 0 Å². The standard InChI is InChI=1S/C27H28N4O3/c1-3-27(28,4-2)22(32)15-31-14-19(17-10-6-8-12-21(17)31)24-23(25(33)30-26(24)34)18-13-29-20-11-7-5-9-16(18)20/h5-14,22,29,32H,3-4,15,28H2,1-2H3,(H,30,33,34). The van der Waals surface area contributed by atoms with E-state index in [0.29, 0.717) is 35.1 Å². The van der Waals surface area contributed by atoms with E-state index in [1.54, 1.807) is 6.20 Å². The first-order valence-electron chi connectivity index (χ1n) is 11.6. The summed E-state index contributed by atoms with van der Waals surface area (Å²) in [6.07, 6.45) is 4.13. The molecule has 5 N–H and O–H groups in total. The third kappa shape index (κ3) is 3.36. The minimum absolute atomic E-state index is 0.282. The molecule has 1 unspecified atom stereocenters. The predicted molar refractivity (Wildman–Crippen MR) is 134 cm³/mol. The summed E-state index contributed by atoms with van der Waals surface area (Å²) in [5.74, 6) is -0.844. The number of nitrogens with two attached hydrogens (primary N) is 1. The number of nitrogens with one attached hydrogen (secondary N) is 2. The van der Waals surface area contributed by atoms with Gasteiger partial charge in [0, 0.05) is 50.9 Å². The van der Waals surface area contributed by atoms with E-state index in [9.17, 15) is 14.7 Å². The van der Waals surface area contributed by atoms with Crippen LogP contribution in [0.15, 0.2) is 60.9 Å². The zero-order valence-corrected chi connectivity index (χ0v) is 19.3. The molecule has 3 heterocycles. The van der Waals surface area contributed by atoms with Gasteiger partial charge in [-0.1, -0.05) is 50.2 Å². The zero-order chi connectivity index (χ0) is 24.0. The minimum atomic E-state index is -0.771. The number of hydrogen-bond acceptors (Lipinski definition) is 4. The lowest BCUT2D eigenvalue weighted by Crippen LogP contribution is -2.51. The zero-order valence-electron chi connectivity index (χ0n) is 19.3. The largest absolute Gasteiger partial charge is 0.389 e. The normalized spacial score (nSPS) is 15.5. The van der Waals surface area contributed by atoms with E-state index in [-0.39, 0.29) is 6.54 Å². The van der Waals surface area contributed by atoms with E-state index < -0.39 is 23.5 Å². The fourth-order valence-corrected chi connectivity index (χ4v) is 4.93. The highest BCUT2D eigenvalue weighted by atomic mass is 16.3. The molecule has 2 aromatic heterocycles. The molecule has 0 spiro atoms. The molecule has 5 rings (SSSR count). The van der Waals surface area contributed by atoms with Crippen molar-refractivity contribution < 1.29 is 14.7 Å². The number of carbonyl (C=O) groups excluding carboxylic acids is 2. The first-order valence-corrected chi connectivity index (χ1v) is 11.6. The molecule has 0 saturated heterocycles. The number of amides is 2. The van der Waals surface area contributed by atoms with Crippen LogP contribution in [0.3, 0.4) is 0 Å². The van der Waals surface area contributed by atoms with Gasteiger partial charge >= 0.3 is 0 Å². The van der Waals surface area contributed by atoms with Gasteiger partial charge in [0.2, 0.25) is 0 Å². The Kier molecular flexibility index (Phi) is 5.38. The van der Waals surface area contributed by atoms with Crippen LogP contribution in [0.1, 0.15) is 37.8 Å². The van der Waals surface area contributed by atoms with Gasteiger partial charge in [0.25, 0.3) is 11.8 Å². The Bertz CT molecular complexity index is 1460. The van der Waals surface area contributed by atoms with Gasteiger partial charge in [-0.3, -0.25) is 14.9 Å². The van der Waals surface area contributed by atoms with Gasteiger partial charge in [-0.15, -0.1) is 0 Å². The average Bonchev–Trinajstić information content (AvgIpc) is 3.51. The number of imide groups is 1. The number of fused-ring (bicyclic) bond motifs is 2. The van der Waals surface area contributed by atoms with Crippen molar-refractivity contribution in [3.63, 3.8) is 0 Å². The first kappa shape index (κ1) is 22.1. The molecule has 0 bridgehead atoms. The summed E-state index contributed by atoms with van der Waals surface area (Å²) in [6, 6.07) is 15.4. The number of H-pyrrole nitrogens is 1. The van der Waals surface area contributed by atoms with Crippen LogP contribution in [0.4, 0.5) is 0 Å². The van der Waals surface area contributed by atoms with Crippen LogP contribution in [0.2, 0.25) is 0 Å². The monoisotopic (exact) mass is 456 g/mol. The van der Waals surface area contributed by atoms with E-state index in [1.807, 2.05) is 73.1 Å². The quantitative estimate of drug-likeness (QED) is 0.318. The van der Waals surface area contributed by atoms with Gasteiger partial charge in [0.05, 0.1) is 23.8 Å². The fraction of sp³-hybridized carbons (Fsp3) is 0.259. The number of carbonyl (C=O) groups is 2. The maximum Gasteiger partial charge on any atom is 0.259 e. The second kappa shape index (κ2) is 8.27. The Balaban J connectivity index is 1.70. The molecular formula is C27H28N4O3. The molecule has 0 fully saturated rings. The molecule has 0 aliphatic carbocycles. The van der Waals surface area contributed by atoms with Gasteiger partial charge in [0.15, 0.2) is 0 Å². The third-order valence-corrected chi connectivity index (χ3v) is 7.20. The Hall–Kier alpha value is -3.68. The second-order valence-corrected chi connectivity index (χ2v) is 8.95. The summed E-state index contributed by atoms with van der Waals surface area (Å²) < 4.78 is 1.93. The maximum absolute atomic E-state index is 13.1. The van der Waals surface area contributed by atoms with Crippen molar-refractivity contribution >= 4 is 44.8 Å². The number of hydrogen-bond donors (Lipinski definition) is 4. The smallest absolute Gasteiger partial charge is 0.259 e. The summed E-state index contributed by atoms with van der Waals surface area (Å²) in [5, 5.41) is 15.2. The van der Waals surface area contributed by atoms with Crippen molar-refractivity contribution in [2.75, 3.05) is 0 Å². The van der Waals surface area contributed by atoms with Crippen LogP contribution in [0.5, 0.6) is 0 Å². The van der Waals surface area contributed by atoms with Gasteiger partial charge in [-0.2, -0.15) is 0 Å². The van der Waals surface area contributed by atoms with Gasteiger partial charge in [-0.05, 0) is 25.0 Å². The first-order chi connectivity index (χ1) is 16.4. The highest BCUT2D eigenvalue weighted by Crippen LogP contribution is 2.38. The Morgan fingerprint density at radius 1 is 0.941 bits per heavy atom. The number of para-hydroxylation sites is 2. The molecule has 2 aromatic carbocycles. The van der Waals surface area contributed by atoms with Crippen LogP contribution in [-0.2, 0) is 16.1 Å². The number of nitrogens with zero attached hydrogens (tertiary/aromatic N) is 1. The van der Waals surface area contributed by atoms with Crippen molar-refractivity contribution in [3.05, 3.63) is 72.1 Å². The molecule has 34 heavy (non-hydrogen) atoms. The van der Waals surface area contributed by atoms with Crippen LogP contribution in [0, 0.1) is 0 Å². The molecule has 2 amide bonds. The molecule has 1 aliphatic rings. The third-order valence-electron chi connectivity index (χ3n) is 7.20. The predicted octanol–water partition coefficient (Wildman–Crippen LogP) is 3.57. The molecule has 4 aromatic rings. The molecule has 7 heteroatoms. The highest BCUT2D eigenvalue weighted by Gasteiger charge is 2.36. The molecule has 1 atom stereocenters. The molecular weight excluding hydrogens is 428 g/mol. The summed E-state index contributed by atoms with van der Waals surface area (Å²) in [7, 11) is 0. The molecule has 1 aliphatic heterocycles. The van der Waals surface area contributed by atoms with E-state index >= 15 is 0 Å². The Morgan fingerprint density at radius 2 is 1.56 bits per heavy atom. The number of aromatic nitrogens is 2. The number of aromatic amines is 1. The molecule has 7 nitrogen and oxygen atoms in total. The topological polar surface area (TPSA) is 113 Å². The number of rotatable bonds is 7. The van der Waals surface area contributed by atoms with Crippen molar-refractivity contribution in [2.45, 2.75) is 44.9 Å². The molecule has 0 saturated carbocycles. The van der Waals surface area contributed by atoms with E-state index in [0.717, 1.165) is 21.8 Å². The van der Waals surface area contributed by atoms with Crippen molar-refractivity contribution in [2.24, 2.45) is 5.73 Å². The van der Waals surface area contributed by atoms with Gasteiger partial charge in [-0.25, -0.2) is 0 Å². The number of benzene rings is 2. The molecule has 174 valence electrons. The summed E-state index contributed by atoms with van der Waals surface area (Å²) in [5.41, 5.74) is 9.53. The molecule has 0 radical (unpaired) electrons. The fourth-order valence-electron chi connectivity index (χ4n) is 4.93. The van der Waals surface area contributed by atoms with E-state index in [2.05, 4.69) is 10.3 Å². The van der Waals surface area contributed by atoms with Crippen LogP contribution in [-0.4, -0.2) is 38.1 Å². The van der Waals surface area contributed by atoms with Crippen LogP contribution >= 0.6 is 0 Å². The lowest BCUT2D eigenvalue weighted by atomic mass is 9.87. The van der Waals surface area contributed by atoms with Gasteiger partial charge in [0.1, 0.15) is 0 Å². The van der Waals surface area contributed by atoms with Crippen molar-refractivity contribution in [1.29, 1.82) is 0 Å². The maximum atomic E-state index is 13.1. The SMILES string of the molecule is CCC(N)(CC)C(O)Cn1cc(C2=C(c3c[nH]c4ccccc34)C(=O)NC2=O)c2ccccc21. The van der Waals surface area contributed by atoms with E-state index in [4.69, 9.17) is 5.73 Å². The summed E-state index contributed by atoms with van der Waals surface area (Å²) >= 11 is 0. The minimum Gasteiger partial charge on any atom is -0.389 e. The average molecular weight is 457 g/mol.